The highest BCUT2D eigenvalue weighted by Crippen LogP contribution is 2.26. The van der Waals surface area contributed by atoms with Crippen LogP contribution in [0.5, 0.6) is 5.75 Å². The number of halogens is 1. The number of para-hydroxylation sites is 1. The first-order valence-electron chi connectivity index (χ1n) is 7.80. The molecule has 0 aliphatic carbocycles. The number of hydrogen-bond acceptors (Lipinski definition) is 2. The largest absolute Gasteiger partial charge is 1.00 e. The van der Waals surface area contributed by atoms with Crippen molar-refractivity contribution in [3.8, 4) is 5.75 Å². The Labute approximate surface area is 151 Å². The third kappa shape index (κ3) is 6.49. The van der Waals surface area contributed by atoms with Gasteiger partial charge in [-0.15, -0.1) is 0 Å². The minimum absolute atomic E-state index is 0. The molecule has 2 N–H and O–H groups in total. The van der Waals surface area contributed by atoms with Crippen LogP contribution in [0.1, 0.15) is 18.7 Å². The lowest BCUT2D eigenvalue weighted by molar-refractivity contribution is -0.943. The highest BCUT2D eigenvalue weighted by molar-refractivity contribution is 5.20. The molecular formula is C19H28ClNO3. The molecule has 0 amide bonds. The minimum Gasteiger partial charge on any atom is -1.00 e. The topological polar surface area (TPSA) is 50.0 Å². The quantitative estimate of drug-likeness (QED) is 0.383. The normalized spacial score (nSPS) is 11.8. The maximum atomic E-state index is 6.15. The number of rotatable bonds is 8. The van der Waals surface area contributed by atoms with E-state index in [-0.39, 0.29) is 24.1 Å². The van der Waals surface area contributed by atoms with Crippen LogP contribution < -0.4 is 17.1 Å². The van der Waals surface area contributed by atoms with Gasteiger partial charge in [0.15, 0.2) is 0 Å². The molecule has 4 nitrogen and oxygen atoms in total. The van der Waals surface area contributed by atoms with Crippen molar-refractivity contribution in [3.63, 3.8) is 0 Å². The molecule has 0 radical (unpaired) electrons. The first-order valence-corrected chi connectivity index (χ1v) is 7.80. The van der Waals surface area contributed by atoms with Gasteiger partial charge in [-0.2, -0.15) is 0 Å². The Morgan fingerprint density at radius 3 is 1.96 bits per heavy atom. The molecule has 0 spiro atoms. The molecule has 0 fully saturated rings. The van der Waals surface area contributed by atoms with E-state index in [1.807, 2.05) is 36.4 Å². The highest BCUT2D eigenvalue weighted by atomic mass is 35.5. The Morgan fingerprint density at radius 1 is 0.875 bits per heavy atom. The maximum Gasteiger partial charge on any atom is 0.219 e. The van der Waals surface area contributed by atoms with Gasteiger partial charge in [-0.25, -0.2) is 0 Å². The second-order valence-corrected chi connectivity index (χ2v) is 5.89. The summed E-state index contributed by atoms with van der Waals surface area (Å²) in [5.74, 6) is 0.881. The van der Waals surface area contributed by atoms with Crippen molar-refractivity contribution >= 4 is 0 Å². The summed E-state index contributed by atoms with van der Waals surface area (Å²) >= 11 is 0. The Hall–Kier alpha value is -1.59. The van der Waals surface area contributed by atoms with Crippen LogP contribution in [0.3, 0.4) is 0 Å². The molecule has 0 heterocycles. The smallest absolute Gasteiger partial charge is 0.219 e. The second-order valence-electron chi connectivity index (χ2n) is 5.89. The van der Waals surface area contributed by atoms with Crippen molar-refractivity contribution in [2.24, 2.45) is 0 Å². The molecule has 134 valence electrons. The minimum atomic E-state index is 0. The average molecular weight is 354 g/mol. The van der Waals surface area contributed by atoms with Crippen molar-refractivity contribution in [1.82, 2.24) is 0 Å². The SMILES string of the molecule is CC[N+](C)(C)C(OCCOc1ccccc1)c1ccccc1.O.[Cl-]. The van der Waals surface area contributed by atoms with Crippen molar-refractivity contribution < 1.29 is 31.8 Å². The van der Waals surface area contributed by atoms with Crippen LogP contribution >= 0.6 is 0 Å². The maximum absolute atomic E-state index is 6.15. The van der Waals surface area contributed by atoms with Crippen LogP contribution in [0.2, 0.25) is 0 Å². The molecular weight excluding hydrogens is 326 g/mol. The zero-order chi connectivity index (χ0) is 15.8. The van der Waals surface area contributed by atoms with Crippen molar-refractivity contribution in [2.45, 2.75) is 13.2 Å². The molecule has 24 heavy (non-hydrogen) atoms. The molecule has 0 aliphatic rings. The fourth-order valence-electron chi connectivity index (χ4n) is 2.32. The zero-order valence-corrected chi connectivity index (χ0v) is 15.4. The van der Waals surface area contributed by atoms with Gasteiger partial charge in [0, 0.05) is 5.56 Å². The summed E-state index contributed by atoms with van der Waals surface area (Å²) in [6.45, 7) is 4.30. The van der Waals surface area contributed by atoms with Crippen LogP contribution in [0.15, 0.2) is 60.7 Å². The zero-order valence-electron chi connectivity index (χ0n) is 14.6. The van der Waals surface area contributed by atoms with Crippen molar-refractivity contribution in [3.05, 3.63) is 66.2 Å². The molecule has 0 bridgehead atoms. The van der Waals surface area contributed by atoms with Crippen molar-refractivity contribution in [2.75, 3.05) is 33.9 Å². The number of hydrogen-bond donors (Lipinski definition) is 0. The van der Waals surface area contributed by atoms with Gasteiger partial charge in [-0.3, -0.25) is 4.48 Å². The number of benzene rings is 2. The van der Waals surface area contributed by atoms with Gasteiger partial charge in [-0.1, -0.05) is 48.5 Å². The lowest BCUT2D eigenvalue weighted by Crippen LogP contribution is -3.00. The second kappa shape index (κ2) is 11.0. The van der Waals surface area contributed by atoms with Gasteiger partial charge in [-0.05, 0) is 19.1 Å². The molecule has 2 rings (SSSR count). The summed E-state index contributed by atoms with van der Waals surface area (Å²) in [7, 11) is 4.38. The molecule has 0 aliphatic heterocycles. The fourth-order valence-corrected chi connectivity index (χ4v) is 2.32. The van der Waals surface area contributed by atoms with Crippen LogP contribution in [-0.4, -0.2) is 43.8 Å². The van der Waals surface area contributed by atoms with Gasteiger partial charge in [0.25, 0.3) is 0 Å². The van der Waals surface area contributed by atoms with Crippen molar-refractivity contribution in [1.29, 1.82) is 0 Å². The van der Waals surface area contributed by atoms with Crippen LogP contribution in [0.25, 0.3) is 0 Å². The lowest BCUT2D eigenvalue weighted by Gasteiger charge is -2.36. The van der Waals surface area contributed by atoms with Gasteiger partial charge < -0.3 is 27.4 Å². The Balaban J connectivity index is 0.00000264. The summed E-state index contributed by atoms with van der Waals surface area (Å²) in [5, 5.41) is 0. The van der Waals surface area contributed by atoms with E-state index in [9.17, 15) is 0 Å². The lowest BCUT2D eigenvalue weighted by atomic mass is 10.1. The van der Waals surface area contributed by atoms with Gasteiger partial charge in [0.1, 0.15) is 12.4 Å². The third-order valence-electron chi connectivity index (χ3n) is 3.91. The number of quaternary nitrogens is 1. The summed E-state index contributed by atoms with van der Waals surface area (Å²) in [6, 6.07) is 20.2. The highest BCUT2D eigenvalue weighted by Gasteiger charge is 2.28. The van der Waals surface area contributed by atoms with E-state index >= 15 is 0 Å². The van der Waals surface area contributed by atoms with E-state index in [4.69, 9.17) is 9.47 Å². The van der Waals surface area contributed by atoms with Gasteiger partial charge >= 0.3 is 0 Å². The predicted octanol–water partition coefficient (Wildman–Crippen LogP) is 0.0564. The van der Waals surface area contributed by atoms with E-state index in [1.54, 1.807) is 0 Å². The molecule has 0 saturated carbocycles. The van der Waals surface area contributed by atoms with E-state index in [0.29, 0.717) is 13.2 Å². The van der Waals surface area contributed by atoms with E-state index < -0.39 is 0 Å². The average Bonchev–Trinajstić information content (AvgIpc) is 2.56. The predicted molar refractivity (Wildman–Crippen MR) is 93.3 cm³/mol. The van der Waals surface area contributed by atoms with Gasteiger partial charge in [0.2, 0.25) is 6.23 Å². The molecule has 1 unspecified atom stereocenters. The summed E-state index contributed by atoms with van der Waals surface area (Å²) < 4.78 is 12.6. The molecule has 0 saturated heterocycles. The van der Waals surface area contributed by atoms with Crippen LogP contribution in [0, 0.1) is 0 Å². The third-order valence-corrected chi connectivity index (χ3v) is 3.91. The first-order chi connectivity index (χ1) is 10.6. The molecule has 2 aromatic carbocycles. The van der Waals surface area contributed by atoms with E-state index in [1.165, 1.54) is 5.56 Å². The molecule has 2 aromatic rings. The van der Waals surface area contributed by atoms with Crippen LogP contribution in [0.4, 0.5) is 0 Å². The van der Waals surface area contributed by atoms with E-state index in [2.05, 4.69) is 45.3 Å². The summed E-state index contributed by atoms with van der Waals surface area (Å²) in [6.07, 6.45) is 0.0190. The van der Waals surface area contributed by atoms with E-state index in [0.717, 1.165) is 16.8 Å². The molecule has 5 heteroatoms. The van der Waals surface area contributed by atoms with Crippen LogP contribution in [-0.2, 0) is 4.74 Å². The first kappa shape index (κ1) is 22.4. The summed E-state index contributed by atoms with van der Waals surface area (Å²) in [4.78, 5) is 0. The number of ether oxygens (including phenoxy) is 2. The monoisotopic (exact) mass is 353 g/mol. The van der Waals surface area contributed by atoms with Gasteiger partial charge in [0.05, 0.1) is 27.2 Å². The Kier molecular flexibility index (Phi) is 10.3. The molecule has 0 aromatic heterocycles. The fraction of sp³-hybridized carbons (Fsp3) is 0.368. The standard InChI is InChI=1S/C19H26NO2.ClH.H2O/c1-4-20(2,3)19(17-11-7-5-8-12-17)22-16-15-21-18-13-9-6-10-14-18;;/h5-14,19H,4,15-16H2,1-3H3;1H;1H2/q+1;;/p-1. The Bertz CT molecular complexity index is 549. The molecule has 1 atom stereocenters. The Morgan fingerprint density at radius 2 is 1.42 bits per heavy atom. The number of nitrogens with zero attached hydrogens (tertiary/aromatic N) is 1. The summed E-state index contributed by atoms with van der Waals surface area (Å²) in [5.41, 5.74) is 1.20.